The molecule has 0 spiro atoms. The van der Waals surface area contributed by atoms with Crippen LogP contribution < -0.4 is 10.4 Å². The summed E-state index contributed by atoms with van der Waals surface area (Å²) in [5, 5.41) is 2.38. The van der Waals surface area contributed by atoms with Crippen molar-refractivity contribution in [3.63, 3.8) is 0 Å². The third kappa shape index (κ3) is 3.91. The van der Waals surface area contributed by atoms with Crippen molar-refractivity contribution in [2.24, 2.45) is 4.99 Å². The minimum Gasteiger partial charge on any atom is -0.272 e. The minimum atomic E-state index is 1.11. The van der Waals surface area contributed by atoms with Gasteiger partial charge in [-0.15, -0.1) is 0 Å². The first-order chi connectivity index (χ1) is 10.3. The van der Waals surface area contributed by atoms with Crippen molar-refractivity contribution in [1.82, 2.24) is 0 Å². The molecule has 0 N–H and O–H groups in total. The highest BCUT2D eigenvalue weighted by molar-refractivity contribution is 5.67. The van der Waals surface area contributed by atoms with Crippen LogP contribution in [0.15, 0.2) is 47.5 Å². The predicted octanol–water partition coefficient (Wildman–Crippen LogP) is 4.07. The number of benzene rings is 2. The molecular formula is C20H23N. The molecule has 0 fully saturated rings. The summed E-state index contributed by atoms with van der Waals surface area (Å²) in [5.41, 5.74) is 3.80. The molecule has 0 amide bonds. The Labute approximate surface area is 127 Å². The van der Waals surface area contributed by atoms with Gasteiger partial charge in [0, 0.05) is 11.4 Å². The van der Waals surface area contributed by atoms with Gasteiger partial charge in [-0.2, -0.15) is 0 Å². The van der Waals surface area contributed by atoms with E-state index in [1.807, 2.05) is 6.20 Å². The molecule has 1 nitrogen and oxygen atoms in total. The van der Waals surface area contributed by atoms with Crippen molar-refractivity contribution in [2.75, 3.05) is 0 Å². The smallest absolute Gasteiger partial charge is 0.0339 e. The fourth-order valence-corrected chi connectivity index (χ4v) is 2.50. The molecule has 0 aliphatic heterocycles. The van der Waals surface area contributed by atoms with Crippen molar-refractivity contribution in [1.29, 1.82) is 0 Å². The van der Waals surface area contributed by atoms with E-state index in [0.29, 0.717) is 0 Å². The standard InChI is InChI=1S/C20H23N/c1-4-5-6-10-17-12-13-18(14-19(17)15-21-3)20-11-8-7-9-16(20)2/h7-15H,3-6H2,1-2H3/b17-10-,19-15-. The molecular weight excluding hydrogens is 254 g/mol. The van der Waals surface area contributed by atoms with Crippen LogP contribution in [0.3, 0.4) is 0 Å². The van der Waals surface area contributed by atoms with Crippen molar-refractivity contribution < 1.29 is 0 Å². The van der Waals surface area contributed by atoms with Gasteiger partial charge in [-0.05, 0) is 48.0 Å². The number of hydrogen-bond acceptors (Lipinski definition) is 1. The molecule has 2 aromatic rings. The summed E-state index contributed by atoms with van der Waals surface area (Å²) in [7, 11) is 0. The lowest BCUT2D eigenvalue weighted by Crippen LogP contribution is -2.24. The van der Waals surface area contributed by atoms with Gasteiger partial charge in [-0.25, -0.2) is 0 Å². The molecule has 0 saturated carbocycles. The number of unbranched alkanes of at least 4 members (excludes halogenated alkanes) is 2. The summed E-state index contributed by atoms with van der Waals surface area (Å²) in [6, 6.07) is 15.1. The van der Waals surface area contributed by atoms with Gasteiger partial charge in [0.2, 0.25) is 0 Å². The van der Waals surface area contributed by atoms with E-state index in [9.17, 15) is 0 Å². The molecule has 1 heteroatoms. The molecule has 21 heavy (non-hydrogen) atoms. The lowest BCUT2D eigenvalue weighted by Gasteiger charge is -2.06. The molecule has 0 heterocycles. The van der Waals surface area contributed by atoms with Crippen LogP contribution in [0.4, 0.5) is 0 Å². The maximum absolute atomic E-state index is 3.96. The Bertz CT molecular complexity index is 726. The molecule has 0 aliphatic rings. The Balaban J connectivity index is 2.51. The minimum absolute atomic E-state index is 1.11. The van der Waals surface area contributed by atoms with Crippen molar-refractivity contribution in [3.05, 3.63) is 58.5 Å². The van der Waals surface area contributed by atoms with Gasteiger partial charge in [-0.1, -0.05) is 62.2 Å². The number of hydrogen-bond donors (Lipinski definition) is 0. The Morgan fingerprint density at radius 3 is 2.62 bits per heavy atom. The van der Waals surface area contributed by atoms with Crippen LogP contribution in [0.25, 0.3) is 23.4 Å². The van der Waals surface area contributed by atoms with Crippen LogP contribution in [0.5, 0.6) is 0 Å². The quantitative estimate of drug-likeness (QED) is 0.577. The van der Waals surface area contributed by atoms with Crippen LogP contribution in [0, 0.1) is 6.92 Å². The fourth-order valence-electron chi connectivity index (χ4n) is 2.50. The summed E-state index contributed by atoms with van der Waals surface area (Å²) in [5.74, 6) is 0. The molecule has 0 saturated heterocycles. The van der Waals surface area contributed by atoms with Gasteiger partial charge in [0.25, 0.3) is 0 Å². The highest BCUT2D eigenvalue weighted by Crippen LogP contribution is 2.20. The van der Waals surface area contributed by atoms with E-state index in [2.05, 4.69) is 74.1 Å². The molecule has 2 rings (SSSR count). The number of aryl methyl sites for hydroxylation is 1. The SMILES string of the molecule is C=N/C=c1/cc(-c2ccccc2C)cc/c1=C/CCCC. The summed E-state index contributed by atoms with van der Waals surface area (Å²) in [6.45, 7) is 7.95. The third-order valence-corrected chi connectivity index (χ3v) is 3.70. The Kier molecular flexibility index (Phi) is 5.51. The number of rotatable bonds is 5. The van der Waals surface area contributed by atoms with Crippen LogP contribution in [0.1, 0.15) is 31.7 Å². The van der Waals surface area contributed by atoms with Crippen LogP contribution >= 0.6 is 0 Å². The zero-order valence-electron chi connectivity index (χ0n) is 13.0. The molecule has 108 valence electrons. The second-order valence-electron chi connectivity index (χ2n) is 5.32. The maximum atomic E-state index is 3.96. The Morgan fingerprint density at radius 2 is 1.90 bits per heavy atom. The summed E-state index contributed by atoms with van der Waals surface area (Å²) >= 11 is 0. The summed E-state index contributed by atoms with van der Waals surface area (Å²) in [6.07, 6.45) is 7.69. The van der Waals surface area contributed by atoms with Crippen molar-refractivity contribution in [3.8, 4) is 11.1 Å². The van der Waals surface area contributed by atoms with Gasteiger partial charge < -0.3 is 0 Å². The molecule has 0 atom stereocenters. The summed E-state index contributed by atoms with van der Waals surface area (Å²) in [4.78, 5) is 3.96. The van der Waals surface area contributed by atoms with E-state index in [0.717, 1.165) is 11.6 Å². The largest absolute Gasteiger partial charge is 0.272 e. The number of aliphatic imine (C=N–C) groups is 1. The van der Waals surface area contributed by atoms with Gasteiger partial charge in [-0.3, -0.25) is 4.99 Å². The normalized spacial score (nSPS) is 12.7. The lowest BCUT2D eigenvalue weighted by atomic mass is 9.99. The van der Waals surface area contributed by atoms with Crippen molar-refractivity contribution in [2.45, 2.75) is 33.1 Å². The molecule has 0 aromatic heterocycles. The Hall–Kier alpha value is -2.15. The van der Waals surface area contributed by atoms with E-state index in [-0.39, 0.29) is 0 Å². The predicted molar refractivity (Wildman–Crippen MR) is 93.9 cm³/mol. The van der Waals surface area contributed by atoms with E-state index in [4.69, 9.17) is 0 Å². The van der Waals surface area contributed by atoms with Gasteiger partial charge >= 0.3 is 0 Å². The molecule has 0 bridgehead atoms. The molecule has 0 aliphatic carbocycles. The van der Waals surface area contributed by atoms with E-state index >= 15 is 0 Å². The zero-order valence-corrected chi connectivity index (χ0v) is 13.0. The fraction of sp³-hybridized carbons (Fsp3) is 0.250. The lowest BCUT2D eigenvalue weighted by molar-refractivity contribution is 0.833. The monoisotopic (exact) mass is 277 g/mol. The Morgan fingerprint density at radius 1 is 1.10 bits per heavy atom. The van der Waals surface area contributed by atoms with Gasteiger partial charge in [0.15, 0.2) is 0 Å². The zero-order chi connectivity index (χ0) is 15.1. The first-order valence-corrected chi connectivity index (χ1v) is 7.58. The average Bonchev–Trinajstić information content (AvgIpc) is 2.50. The second-order valence-corrected chi connectivity index (χ2v) is 5.32. The van der Waals surface area contributed by atoms with Crippen LogP contribution in [-0.4, -0.2) is 6.72 Å². The number of nitrogens with zero attached hydrogens (tertiary/aromatic N) is 1. The first-order valence-electron chi connectivity index (χ1n) is 7.58. The van der Waals surface area contributed by atoms with E-state index < -0.39 is 0 Å². The topological polar surface area (TPSA) is 12.4 Å². The second kappa shape index (κ2) is 7.58. The highest BCUT2D eigenvalue weighted by atomic mass is 14.6. The van der Waals surface area contributed by atoms with Crippen LogP contribution in [-0.2, 0) is 0 Å². The first kappa shape index (κ1) is 15.2. The van der Waals surface area contributed by atoms with Gasteiger partial charge in [0.05, 0.1) is 0 Å². The molecule has 0 radical (unpaired) electrons. The third-order valence-electron chi connectivity index (χ3n) is 3.70. The molecule has 0 unspecified atom stereocenters. The van der Waals surface area contributed by atoms with E-state index in [1.54, 1.807) is 0 Å². The summed E-state index contributed by atoms with van der Waals surface area (Å²) < 4.78 is 0. The average molecular weight is 277 g/mol. The van der Waals surface area contributed by atoms with E-state index in [1.165, 1.54) is 34.8 Å². The maximum Gasteiger partial charge on any atom is 0.0339 e. The van der Waals surface area contributed by atoms with Gasteiger partial charge in [0.1, 0.15) is 0 Å². The highest BCUT2D eigenvalue weighted by Gasteiger charge is 2.00. The molecule has 2 aromatic carbocycles. The van der Waals surface area contributed by atoms with Crippen LogP contribution in [0.2, 0.25) is 0 Å². The van der Waals surface area contributed by atoms with Crippen molar-refractivity contribution >= 4 is 19.0 Å².